The number of rotatable bonds is 5. The number of aryl methyl sites for hydroxylation is 1. The lowest BCUT2D eigenvalue weighted by Gasteiger charge is -2.12. The van der Waals surface area contributed by atoms with Gasteiger partial charge in [0.15, 0.2) is 0 Å². The summed E-state index contributed by atoms with van der Waals surface area (Å²) < 4.78 is 26.2. The number of hydrogen-bond donors (Lipinski definition) is 3. The molecule has 0 amide bonds. The summed E-state index contributed by atoms with van der Waals surface area (Å²) in [6, 6.07) is 2.82. The van der Waals surface area contributed by atoms with Gasteiger partial charge in [-0.2, -0.15) is 0 Å². The summed E-state index contributed by atoms with van der Waals surface area (Å²) in [5.41, 5.74) is 6.74. The van der Waals surface area contributed by atoms with E-state index in [9.17, 15) is 13.5 Å². The van der Waals surface area contributed by atoms with E-state index in [4.69, 9.17) is 17.3 Å². The van der Waals surface area contributed by atoms with E-state index in [1.165, 1.54) is 12.1 Å². The van der Waals surface area contributed by atoms with Crippen LogP contribution in [-0.2, 0) is 10.0 Å². The number of anilines is 1. The Bertz CT molecular complexity index is 531. The van der Waals surface area contributed by atoms with Crippen LogP contribution < -0.4 is 10.5 Å². The summed E-state index contributed by atoms with van der Waals surface area (Å²) in [5.74, 6) is 0. The second-order valence-corrected chi connectivity index (χ2v) is 6.20. The first-order valence-corrected chi connectivity index (χ1v) is 7.37. The normalized spacial score (nSPS) is 13.6. The molecule has 0 heterocycles. The molecule has 102 valence electrons. The van der Waals surface area contributed by atoms with Gasteiger partial charge in [-0.15, -0.1) is 0 Å². The van der Waals surface area contributed by atoms with Gasteiger partial charge in [-0.05, 0) is 31.0 Å². The van der Waals surface area contributed by atoms with Gasteiger partial charge in [-0.1, -0.05) is 18.5 Å². The fourth-order valence-electron chi connectivity index (χ4n) is 1.30. The number of aliphatic hydroxyl groups is 1. The lowest BCUT2D eigenvalue weighted by atomic mass is 10.2. The van der Waals surface area contributed by atoms with Crippen LogP contribution in [0, 0.1) is 6.92 Å². The van der Waals surface area contributed by atoms with Crippen molar-refractivity contribution in [3.05, 3.63) is 22.7 Å². The summed E-state index contributed by atoms with van der Waals surface area (Å²) in [7, 11) is -3.76. The zero-order valence-corrected chi connectivity index (χ0v) is 11.8. The number of benzene rings is 1. The first kappa shape index (κ1) is 15.2. The SMILES string of the molecule is CCC(O)CNS(=O)(=O)c1cc(N)c(C)cc1Cl. The minimum Gasteiger partial charge on any atom is -0.398 e. The summed E-state index contributed by atoms with van der Waals surface area (Å²) in [4.78, 5) is -0.0735. The Morgan fingerprint density at radius 2 is 2.11 bits per heavy atom. The van der Waals surface area contributed by atoms with Crippen LogP contribution in [0.3, 0.4) is 0 Å². The van der Waals surface area contributed by atoms with Crippen molar-refractivity contribution < 1.29 is 13.5 Å². The minimum atomic E-state index is -3.76. The first-order valence-electron chi connectivity index (χ1n) is 5.51. The largest absolute Gasteiger partial charge is 0.398 e. The molecular weight excluding hydrogens is 276 g/mol. The third kappa shape index (κ3) is 3.58. The Labute approximate surface area is 112 Å². The number of aliphatic hydroxyl groups excluding tert-OH is 1. The molecule has 0 saturated carbocycles. The molecule has 0 radical (unpaired) electrons. The van der Waals surface area contributed by atoms with Crippen molar-refractivity contribution in [2.24, 2.45) is 0 Å². The number of halogens is 1. The molecule has 1 rings (SSSR count). The molecule has 4 N–H and O–H groups in total. The second kappa shape index (κ2) is 5.88. The van der Waals surface area contributed by atoms with Crippen LogP contribution in [0.1, 0.15) is 18.9 Å². The average molecular weight is 293 g/mol. The number of sulfonamides is 1. The van der Waals surface area contributed by atoms with Gasteiger partial charge in [0.1, 0.15) is 4.90 Å². The van der Waals surface area contributed by atoms with E-state index >= 15 is 0 Å². The van der Waals surface area contributed by atoms with E-state index in [2.05, 4.69) is 4.72 Å². The molecule has 7 heteroatoms. The van der Waals surface area contributed by atoms with Crippen molar-refractivity contribution in [2.45, 2.75) is 31.3 Å². The van der Waals surface area contributed by atoms with Crippen LogP contribution in [0.25, 0.3) is 0 Å². The van der Waals surface area contributed by atoms with Crippen molar-refractivity contribution in [1.29, 1.82) is 0 Å². The van der Waals surface area contributed by atoms with Crippen LogP contribution in [0.4, 0.5) is 5.69 Å². The number of nitrogens with two attached hydrogens (primary N) is 1. The molecule has 0 spiro atoms. The third-order valence-electron chi connectivity index (χ3n) is 2.59. The highest BCUT2D eigenvalue weighted by molar-refractivity contribution is 7.89. The molecule has 0 aliphatic carbocycles. The van der Waals surface area contributed by atoms with Gasteiger partial charge >= 0.3 is 0 Å². The Hall–Kier alpha value is -0.820. The van der Waals surface area contributed by atoms with E-state index in [1.807, 2.05) is 0 Å². The monoisotopic (exact) mass is 292 g/mol. The van der Waals surface area contributed by atoms with E-state index in [0.717, 1.165) is 0 Å². The molecule has 18 heavy (non-hydrogen) atoms. The maximum absolute atomic E-state index is 12.0. The van der Waals surface area contributed by atoms with Gasteiger partial charge in [0.2, 0.25) is 10.0 Å². The molecule has 0 aliphatic rings. The van der Waals surface area contributed by atoms with Crippen molar-refractivity contribution in [2.75, 3.05) is 12.3 Å². The van der Waals surface area contributed by atoms with Crippen LogP contribution in [0.2, 0.25) is 5.02 Å². The Kier molecular flexibility index (Phi) is 4.98. The van der Waals surface area contributed by atoms with Gasteiger partial charge in [0.25, 0.3) is 0 Å². The summed E-state index contributed by atoms with van der Waals surface area (Å²) >= 11 is 5.90. The standard InChI is InChI=1S/C11H17ClN2O3S/c1-3-8(15)6-14-18(16,17)11-5-10(13)7(2)4-9(11)12/h4-5,8,14-15H,3,6,13H2,1-2H3. The molecule has 0 saturated heterocycles. The zero-order chi connectivity index (χ0) is 13.9. The van der Waals surface area contributed by atoms with Crippen LogP contribution >= 0.6 is 11.6 Å². The molecule has 1 aromatic rings. The fourth-order valence-corrected chi connectivity index (χ4v) is 2.99. The predicted molar refractivity (Wildman–Crippen MR) is 72.1 cm³/mol. The number of hydrogen-bond acceptors (Lipinski definition) is 4. The highest BCUT2D eigenvalue weighted by atomic mass is 35.5. The smallest absolute Gasteiger partial charge is 0.242 e. The lowest BCUT2D eigenvalue weighted by molar-refractivity contribution is 0.174. The minimum absolute atomic E-state index is 0.0526. The highest BCUT2D eigenvalue weighted by Gasteiger charge is 2.19. The van der Waals surface area contributed by atoms with Gasteiger partial charge in [0.05, 0.1) is 11.1 Å². The highest BCUT2D eigenvalue weighted by Crippen LogP contribution is 2.26. The van der Waals surface area contributed by atoms with Crippen LogP contribution in [0.5, 0.6) is 0 Å². The van der Waals surface area contributed by atoms with E-state index in [1.54, 1.807) is 13.8 Å². The first-order chi connectivity index (χ1) is 8.27. The maximum atomic E-state index is 12.0. The molecular formula is C11H17ClN2O3S. The Balaban J connectivity index is 3.02. The molecule has 1 atom stereocenters. The van der Waals surface area contributed by atoms with Crippen molar-refractivity contribution >= 4 is 27.3 Å². The summed E-state index contributed by atoms with van der Waals surface area (Å²) in [6.07, 6.45) is -0.256. The molecule has 0 aliphatic heterocycles. The Morgan fingerprint density at radius 3 is 2.67 bits per heavy atom. The fraction of sp³-hybridized carbons (Fsp3) is 0.455. The molecule has 1 unspecified atom stereocenters. The van der Waals surface area contributed by atoms with Crippen LogP contribution in [0.15, 0.2) is 17.0 Å². The average Bonchev–Trinajstić information content (AvgIpc) is 2.30. The quantitative estimate of drug-likeness (QED) is 0.713. The number of nitrogen functional groups attached to an aromatic ring is 1. The molecule has 1 aromatic carbocycles. The molecule has 0 fully saturated rings. The second-order valence-electron chi connectivity index (χ2n) is 4.05. The molecule has 0 aromatic heterocycles. The van der Waals surface area contributed by atoms with Crippen LogP contribution in [-0.4, -0.2) is 26.2 Å². The summed E-state index contributed by atoms with van der Waals surface area (Å²) in [5, 5.41) is 9.46. The molecule has 5 nitrogen and oxygen atoms in total. The number of nitrogens with one attached hydrogen (secondary N) is 1. The zero-order valence-electron chi connectivity index (χ0n) is 10.3. The van der Waals surface area contributed by atoms with Gasteiger partial charge in [0, 0.05) is 12.2 Å². The van der Waals surface area contributed by atoms with Crippen molar-refractivity contribution in [3.63, 3.8) is 0 Å². The van der Waals surface area contributed by atoms with Gasteiger partial charge in [-0.3, -0.25) is 0 Å². The lowest BCUT2D eigenvalue weighted by Crippen LogP contribution is -2.32. The third-order valence-corrected chi connectivity index (χ3v) is 4.48. The topological polar surface area (TPSA) is 92.4 Å². The predicted octanol–water partition coefficient (Wildman–Crippen LogP) is 1.28. The van der Waals surface area contributed by atoms with Crippen molar-refractivity contribution in [3.8, 4) is 0 Å². The van der Waals surface area contributed by atoms with Gasteiger partial charge < -0.3 is 10.8 Å². The van der Waals surface area contributed by atoms with Gasteiger partial charge in [-0.25, -0.2) is 13.1 Å². The van der Waals surface area contributed by atoms with E-state index < -0.39 is 16.1 Å². The summed E-state index contributed by atoms with van der Waals surface area (Å²) in [6.45, 7) is 3.45. The van der Waals surface area contributed by atoms with Crippen molar-refractivity contribution in [1.82, 2.24) is 4.72 Å². The molecule has 0 bridgehead atoms. The Morgan fingerprint density at radius 1 is 1.50 bits per heavy atom. The maximum Gasteiger partial charge on any atom is 0.242 e. The van der Waals surface area contributed by atoms with E-state index in [-0.39, 0.29) is 16.5 Å². The van der Waals surface area contributed by atoms with E-state index in [0.29, 0.717) is 17.7 Å².